The number of amides is 3. The van der Waals surface area contributed by atoms with Crippen LogP contribution >= 0.6 is 0 Å². The van der Waals surface area contributed by atoms with Crippen LogP contribution in [0.15, 0.2) is 158 Å². The standard InChI is InChI=1S/C62H64N4O7/c1-5-6-7-8-9-10-43-12-14-45(15-13-43)46-18-30-56(31-19-46)73-59-38-27-51(40-58(59)63-4)65-61(69)48-22-34-54(35-23-48)72-55-36-24-49(25-37-55)62(70)66-57-39-50(26-11-41(57)2)64-60(68)47-20-32-53(33-21-47)71-52-28-16-44(17-29-52)42(3)67/h11,16-40,43,45,63H,5-10,12-15H2,1-4H3,(H,64,68)(H,65,69)(H,66,70). The Balaban J connectivity index is 0.784. The summed E-state index contributed by atoms with van der Waals surface area (Å²) in [6.07, 6.45) is 13.4. The number of carbonyl (C=O) groups is 4. The normalized spacial score (nSPS) is 14.1. The molecule has 0 unspecified atom stereocenters. The third-order valence-corrected chi connectivity index (χ3v) is 13.5. The fraction of sp³-hybridized carbons (Fsp3) is 0.258. The summed E-state index contributed by atoms with van der Waals surface area (Å²) in [5, 5.41) is 12.0. The van der Waals surface area contributed by atoms with E-state index in [0.717, 1.165) is 22.9 Å². The van der Waals surface area contributed by atoms with Crippen molar-refractivity contribution >= 4 is 46.3 Å². The molecule has 0 bridgehead atoms. The molecule has 1 fully saturated rings. The van der Waals surface area contributed by atoms with Gasteiger partial charge >= 0.3 is 0 Å². The number of aryl methyl sites for hydroxylation is 1. The molecule has 4 N–H and O–H groups in total. The summed E-state index contributed by atoms with van der Waals surface area (Å²) in [5.41, 5.74) is 6.50. The highest BCUT2D eigenvalue weighted by Crippen LogP contribution is 2.39. The van der Waals surface area contributed by atoms with Gasteiger partial charge in [0, 0.05) is 46.4 Å². The van der Waals surface area contributed by atoms with Gasteiger partial charge in [0.2, 0.25) is 0 Å². The van der Waals surface area contributed by atoms with E-state index < -0.39 is 0 Å². The highest BCUT2D eigenvalue weighted by molar-refractivity contribution is 6.07. The number of nitrogens with one attached hydrogen (secondary N) is 4. The number of ketones is 1. The van der Waals surface area contributed by atoms with Gasteiger partial charge in [0.05, 0.1) is 5.69 Å². The number of ether oxygens (including phenoxy) is 3. The van der Waals surface area contributed by atoms with Gasteiger partial charge in [0.25, 0.3) is 17.7 Å². The summed E-state index contributed by atoms with van der Waals surface area (Å²) in [5.74, 6) is 4.11. The molecule has 0 aromatic heterocycles. The molecule has 0 saturated heterocycles. The first-order valence-electron chi connectivity index (χ1n) is 25.4. The Morgan fingerprint density at radius 3 is 1.41 bits per heavy atom. The number of hydrogen-bond acceptors (Lipinski definition) is 8. The molecule has 0 spiro atoms. The van der Waals surface area contributed by atoms with Gasteiger partial charge in [-0.3, -0.25) is 19.2 Å². The summed E-state index contributed by atoms with van der Waals surface area (Å²) in [7, 11) is 1.83. The maximum atomic E-state index is 13.3. The van der Waals surface area contributed by atoms with Gasteiger partial charge in [-0.25, -0.2) is 0 Å². The van der Waals surface area contributed by atoms with Crippen LogP contribution in [0.1, 0.15) is 137 Å². The van der Waals surface area contributed by atoms with E-state index in [0.29, 0.717) is 74.0 Å². The minimum Gasteiger partial charge on any atom is -0.457 e. The lowest BCUT2D eigenvalue weighted by Crippen LogP contribution is -2.14. The van der Waals surface area contributed by atoms with Crippen LogP contribution in [-0.4, -0.2) is 30.6 Å². The Labute approximate surface area is 428 Å². The Hall–Kier alpha value is -8.18. The summed E-state index contributed by atoms with van der Waals surface area (Å²) in [6, 6.07) is 46.4. The van der Waals surface area contributed by atoms with Crippen LogP contribution < -0.4 is 35.5 Å². The molecule has 7 aromatic carbocycles. The molecule has 374 valence electrons. The van der Waals surface area contributed by atoms with Gasteiger partial charge < -0.3 is 35.5 Å². The van der Waals surface area contributed by atoms with Crippen LogP contribution in [0.3, 0.4) is 0 Å². The predicted molar refractivity (Wildman–Crippen MR) is 292 cm³/mol. The first-order valence-corrected chi connectivity index (χ1v) is 25.4. The van der Waals surface area contributed by atoms with Crippen molar-refractivity contribution in [3.8, 4) is 34.5 Å². The number of benzene rings is 7. The zero-order valence-electron chi connectivity index (χ0n) is 42.1. The molecule has 0 radical (unpaired) electrons. The second-order valence-electron chi connectivity index (χ2n) is 18.8. The van der Waals surface area contributed by atoms with Gasteiger partial charge in [0.1, 0.15) is 28.7 Å². The number of Topliss-reactive ketones (excluding diaryl/α,β-unsaturated/α-hetero) is 1. The molecule has 7 aromatic rings. The molecule has 3 amide bonds. The summed E-state index contributed by atoms with van der Waals surface area (Å²) in [6.45, 7) is 5.65. The van der Waals surface area contributed by atoms with Crippen molar-refractivity contribution in [2.24, 2.45) is 5.92 Å². The van der Waals surface area contributed by atoms with Gasteiger partial charge in [-0.1, -0.05) is 63.6 Å². The van der Waals surface area contributed by atoms with Gasteiger partial charge in [-0.05, 0) is 202 Å². The fourth-order valence-electron chi connectivity index (χ4n) is 9.14. The Kier molecular flexibility index (Phi) is 17.4. The van der Waals surface area contributed by atoms with E-state index in [1.165, 1.54) is 76.7 Å². The van der Waals surface area contributed by atoms with Crippen LogP contribution in [0.25, 0.3) is 0 Å². The van der Waals surface area contributed by atoms with Crippen molar-refractivity contribution < 1.29 is 33.4 Å². The molecule has 11 heteroatoms. The van der Waals surface area contributed by atoms with Crippen LogP contribution in [0, 0.1) is 12.8 Å². The van der Waals surface area contributed by atoms with Crippen LogP contribution in [0.2, 0.25) is 0 Å². The largest absolute Gasteiger partial charge is 0.457 e. The molecule has 8 rings (SSSR count). The molecule has 73 heavy (non-hydrogen) atoms. The molecular formula is C62H64N4O7. The van der Waals surface area contributed by atoms with Crippen LogP contribution in [0.5, 0.6) is 34.5 Å². The molecule has 1 saturated carbocycles. The summed E-state index contributed by atoms with van der Waals surface area (Å²) < 4.78 is 18.2. The highest BCUT2D eigenvalue weighted by atomic mass is 16.5. The van der Waals surface area contributed by atoms with E-state index >= 15 is 0 Å². The third-order valence-electron chi connectivity index (χ3n) is 13.5. The monoisotopic (exact) mass is 976 g/mol. The van der Waals surface area contributed by atoms with E-state index in [1.807, 2.05) is 38.2 Å². The molecule has 1 aliphatic rings. The molecule has 11 nitrogen and oxygen atoms in total. The Bertz CT molecular complexity index is 2980. The highest BCUT2D eigenvalue weighted by Gasteiger charge is 2.22. The predicted octanol–water partition coefficient (Wildman–Crippen LogP) is 16.0. The fourth-order valence-corrected chi connectivity index (χ4v) is 9.14. The molecule has 0 heterocycles. The van der Waals surface area contributed by atoms with E-state index in [1.54, 1.807) is 109 Å². The van der Waals surface area contributed by atoms with Gasteiger partial charge in [-0.2, -0.15) is 0 Å². The zero-order valence-corrected chi connectivity index (χ0v) is 42.1. The maximum Gasteiger partial charge on any atom is 0.255 e. The van der Waals surface area contributed by atoms with Gasteiger partial charge in [0.15, 0.2) is 11.5 Å². The Morgan fingerprint density at radius 1 is 0.479 bits per heavy atom. The minimum absolute atomic E-state index is 0.0250. The lowest BCUT2D eigenvalue weighted by atomic mass is 9.77. The number of carbonyl (C=O) groups excluding carboxylic acids is 4. The number of hydrogen-bond donors (Lipinski definition) is 4. The molecule has 0 aliphatic heterocycles. The quantitative estimate of drug-likeness (QED) is 0.0412. The number of anilines is 4. The molecule has 1 aliphatic carbocycles. The topological polar surface area (TPSA) is 144 Å². The van der Waals surface area contributed by atoms with Crippen molar-refractivity contribution in [2.45, 2.75) is 90.9 Å². The first kappa shape index (κ1) is 51.2. The molecular weight excluding hydrogens is 913 g/mol. The van der Waals surface area contributed by atoms with Crippen molar-refractivity contribution in [3.63, 3.8) is 0 Å². The maximum absolute atomic E-state index is 13.3. The SMILES string of the molecule is CCCCCCCC1CCC(c2ccc(Oc3ccc(NC(=O)c4ccc(Oc5ccc(C(=O)Nc6cc(NC(=O)c7ccc(Oc8ccc(C(C)=O)cc8)cc7)ccc6C)cc5)cc4)cc3NC)cc2)CC1. The third kappa shape index (κ3) is 14.3. The van der Waals surface area contributed by atoms with Crippen molar-refractivity contribution in [1.29, 1.82) is 0 Å². The lowest BCUT2D eigenvalue weighted by Gasteiger charge is -2.29. The smallest absolute Gasteiger partial charge is 0.255 e. The van der Waals surface area contributed by atoms with Gasteiger partial charge in [-0.15, -0.1) is 0 Å². The van der Waals surface area contributed by atoms with Crippen molar-refractivity contribution in [2.75, 3.05) is 28.3 Å². The Morgan fingerprint density at radius 2 is 0.918 bits per heavy atom. The van der Waals surface area contributed by atoms with E-state index in [-0.39, 0.29) is 23.5 Å². The average Bonchev–Trinajstić information content (AvgIpc) is 3.41. The van der Waals surface area contributed by atoms with E-state index in [9.17, 15) is 19.2 Å². The van der Waals surface area contributed by atoms with Crippen LogP contribution in [0.4, 0.5) is 22.7 Å². The van der Waals surface area contributed by atoms with Crippen molar-refractivity contribution in [3.05, 3.63) is 191 Å². The zero-order chi connectivity index (χ0) is 51.1. The number of unbranched alkanes of at least 4 members (excludes halogenated alkanes) is 4. The minimum atomic E-state index is -0.334. The second kappa shape index (κ2) is 24.8. The lowest BCUT2D eigenvalue weighted by molar-refractivity contribution is 0.101. The van der Waals surface area contributed by atoms with Crippen molar-refractivity contribution in [1.82, 2.24) is 0 Å². The van der Waals surface area contributed by atoms with E-state index in [4.69, 9.17) is 14.2 Å². The van der Waals surface area contributed by atoms with E-state index in [2.05, 4.69) is 52.5 Å². The van der Waals surface area contributed by atoms with Crippen LogP contribution in [-0.2, 0) is 0 Å². The average molecular weight is 977 g/mol. The second-order valence-corrected chi connectivity index (χ2v) is 18.8. The summed E-state index contributed by atoms with van der Waals surface area (Å²) >= 11 is 0. The summed E-state index contributed by atoms with van der Waals surface area (Å²) in [4.78, 5) is 51.3. The molecule has 0 atom stereocenters. The first-order chi connectivity index (χ1) is 35.5. The number of rotatable bonds is 21.